The van der Waals surface area contributed by atoms with E-state index in [2.05, 4.69) is 15.3 Å². The van der Waals surface area contributed by atoms with E-state index in [0.717, 1.165) is 10.9 Å². The van der Waals surface area contributed by atoms with Gasteiger partial charge in [0.05, 0.1) is 5.52 Å². The Hall–Kier alpha value is -2.15. The summed E-state index contributed by atoms with van der Waals surface area (Å²) in [4.78, 5) is 30.3. The number of aromatic nitrogens is 2. The summed E-state index contributed by atoms with van der Waals surface area (Å²) in [6.45, 7) is 1.29. The van der Waals surface area contributed by atoms with E-state index in [9.17, 15) is 9.59 Å². The van der Waals surface area contributed by atoms with Gasteiger partial charge < -0.3 is 10.4 Å². The van der Waals surface area contributed by atoms with Crippen molar-refractivity contribution in [1.82, 2.24) is 15.3 Å². The Labute approximate surface area is 119 Å². The molecule has 1 amide bonds. The van der Waals surface area contributed by atoms with E-state index < -0.39 is 12.0 Å². The number of hydrogen-bond donors (Lipinski definition) is 2. The van der Waals surface area contributed by atoms with Crippen molar-refractivity contribution in [2.24, 2.45) is 0 Å². The molecule has 0 fully saturated rings. The molecule has 0 aliphatic rings. The summed E-state index contributed by atoms with van der Waals surface area (Å²) in [6, 6.07) is 6.56. The maximum absolute atomic E-state index is 11.1. The third-order valence-electron chi connectivity index (χ3n) is 2.57. The molecule has 0 saturated carbocycles. The summed E-state index contributed by atoms with van der Waals surface area (Å²) < 4.78 is 0. The molecular weight excluding hydrogens is 278 g/mol. The number of carbonyl (C=O) groups excluding carboxylic acids is 1. The summed E-state index contributed by atoms with van der Waals surface area (Å²) in [7, 11) is 0. The second-order valence-electron chi connectivity index (χ2n) is 4.10. The molecule has 2 aromatic rings. The van der Waals surface area contributed by atoms with Crippen molar-refractivity contribution in [2.75, 3.05) is 5.75 Å². The molecule has 1 aromatic heterocycles. The highest BCUT2D eigenvalue weighted by atomic mass is 32.2. The van der Waals surface area contributed by atoms with Gasteiger partial charge in [0.15, 0.2) is 0 Å². The van der Waals surface area contributed by atoms with Gasteiger partial charge in [0.2, 0.25) is 5.91 Å². The average molecular weight is 291 g/mol. The molecular formula is C13H13N3O3S. The van der Waals surface area contributed by atoms with Crippen LogP contribution in [-0.2, 0) is 9.59 Å². The number of carboxylic acids is 1. The zero-order valence-corrected chi connectivity index (χ0v) is 11.6. The Morgan fingerprint density at radius 3 is 2.80 bits per heavy atom. The van der Waals surface area contributed by atoms with Crippen LogP contribution in [0.1, 0.15) is 6.92 Å². The third-order valence-corrected chi connectivity index (χ3v) is 3.67. The molecule has 1 atom stereocenters. The predicted octanol–water partition coefficient (Wildman–Crippen LogP) is 1.31. The van der Waals surface area contributed by atoms with Crippen LogP contribution in [0.2, 0.25) is 0 Å². The monoisotopic (exact) mass is 291 g/mol. The van der Waals surface area contributed by atoms with Crippen molar-refractivity contribution < 1.29 is 14.7 Å². The fourth-order valence-corrected chi connectivity index (χ4v) is 2.68. The lowest BCUT2D eigenvalue weighted by Gasteiger charge is -2.12. The number of carbonyl (C=O) groups is 2. The standard InChI is InChI=1S/C13H13N3O3S/c1-8(17)16-11(13(18)19)6-20-12-9-4-2-3-5-10(9)14-7-15-12/h2-5,7,11H,6H2,1H3,(H,16,17)(H,18,19)/t11-/m0/s1. The van der Waals surface area contributed by atoms with E-state index >= 15 is 0 Å². The number of thioether (sulfide) groups is 1. The van der Waals surface area contributed by atoms with Crippen LogP contribution in [0.5, 0.6) is 0 Å². The quantitative estimate of drug-likeness (QED) is 0.637. The molecule has 0 aliphatic carbocycles. The van der Waals surface area contributed by atoms with Gasteiger partial charge in [-0.1, -0.05) is 18.2 Å². The van der Waals surface area contributed by atoms with Gasteiger partial charge in [0, 0.05) is 18.1 Å². The molecule has 0 unspecified atom stereocenters. The van der Waals surface area contributed by atoms with Crippen molar-refractivity contribution in [3.05, 3.63) is 30.6 Å². The van der Waals surface area contributed by atoms with Gasteiger partial charge in [0.1, 0.15) is 17.4 Å². The van der Waals surface area contributed by atoms with Crippen molar-refractivity contribution >= 4 is 34.5 Å². The van der Waals surface area contributed by atoms with Gasteiger partial charge >= 0.3 is 5.97 Å². The number of carboxylic acid groups (broad SMARTS) is 1. The van der Waals surface area contributed by atoms with Crippen molar-refractivity contribution in [1.29, 1.82) is 0 Å². The molecule has 104 valence electrons. The van der Waals surface area contributed by atoms with E-state index in [1.165, 1.54) is 25.0 Å². The number of hydrogen-bond acceptors (Lipinski definition) is 5. The lowest BCUT2D eigenvalue weighted by Crippen LogP contribution is -2.41. The zero-order valence-electron chi connectivity index (χ0n) is 10.7. The molecule has 0 bridgehead atoms. The Balaban J connectivity index is 2.15. The fraction of sp³-hybridized carbons (Fsp3) is 0.231. The van der Waals surface area contributed by atoms with E-state index in [1.807, 2.05) is 24.3 Å². The van der Waals surface area contributed by atoms with Gasteiger partial charge in [0.25, 0.3) is 0 Å². The Morgan fingerprint density at radius 2 is 2.10 bits per heavy atom. The van der Waals surface area contributed by atoms with Crippen LogP contribution in [0.15, 0.2) is 35.6 Å². The first-order valence-corrected chi connectivity index (χ1v) is 6.89. The average Bonchev–Trinajstić information content (AvgIpc) is 2.42. The molecule has 1 heterocycles. The third kappa shape index (κ3) is 3.45. The van der Waals surface area contributed by atoms with E-state index in [0.29, 0.717) is 5.03 Å². The molecule has 0 radical (unpaired) electrons. The second-order valence-corrected chi connectivity index (χ2v) is 5.11. The van der Waals surface area contributed by atoms with Gasteiger partial charge in [-0.3, -0.25) is 4.79 Å². The molecule has 0 saturated heterocycles. The molecule has 2 N–H and O–H groups in total. The zero-order chi connectivity index (χ0) is 14.5. The minimum Gasteiger partial charge on any atom is -0.480 e. The molecule has 1 aromatic carbocycles. The van der Waals surface area contributed by atoms with Crippen LogP contribution in [0.25, 0.3) is 10.9 Å². The van der Waals surface area contributed by atoms with E-state index in [-0.39, 0.29) is 11.7 Å². The van der Waals surface area contributed by atoms with Crippen LogP contribution in [0.4, 0.5) is 0 Å². The van der Waals surface area contributed by atoms with Gasteiger partial charge in [-0.15, -0.1) is 11.8 Å². The minimum absolute atomic E-state index is 0.204. The summed E-state index contributed by atoms with van der Waals surface area (Å²) in [5.74, 6) is -1.23. The smallest absolute Gasteiger partial charge is 0.327 e. The summed E-state index contributed by atoms with van der Waals surface area (Å²) >= 11 is 1.28. The number of rotatable bonds is 5. The topological polar surface area (TPSA) is 92.2 Å². The Kier molecular flexibility index (Phi) is 4.52. The predicted molar refractivity (Wildman–Crippen MR) is 75.5 cm³/mol. The van der Waals surface area contributed by atoms with E-state index in [1.54, 1.807) is 0 Å². The lowest BCUT2D eigenvalue weighted by molar-refractivity contribution is -0.140. The highest BCUT2D eigenvalue weighted by molar-refractivity contribution is 7.99. The van der Waals surface area contributed by atoms with Crippen molar-refractivity contribution in [3.8, 4) is 0 Å². The van der Waals surface area contributed by atoms with Crippen LogP contribution in [0, 0.1) is 0 Å². The first-order chi connectivity index (χ1) is 9.58. The minimum atomic E-state index is -1.06. The van der Waals surface area contributed by atoms with Gasteiger partial charge in [-0.05, 0) is 6.07 Å². The number of aliphatic carboxylic acids is 1. The molecule has 7 heteroatoms. The van der Waals surface area contributed by atoms with Crippen LogP contribution in [-0.4, -0.2) is 38.7 Å². The molecule has 20 heavy (non-hydrogen) atoms. The highest BCUT2D eigenvalue weighted by Gasteiger charge is 2.19. The number of amides is 1. The number of para-hydroxylation sites is 1. The van der Waals surface area contributed by atoms with Gasteiger partial charge in [-0.2, -0.15) is 0 Å². The summed E-state index contributed by atoms with van der Waals surface area (Å²) in [5.41, 5.74) is 0.802. The van der Waals surface area contributed by atoms with Crippen LogP contribution < -0.4 is 5.32 Å². The van der Waals surface area contributed by atoms with Crippen LogP contribution in [0.3, 0.4) is 0 Å². The Morgan fingerprint density at radius 1 is 1.35 bits per heavy atom. The molecule has 0 aliphatic heterocycles. The number of benzene rings is 1. The number of nitrogens with zero attached hydrogens (tertiary/aromatic N) is 2. The van der Waals surface area contributed by atoms with Gasteiger partial charge in [-0.25, -0.2) is 14.8 Å². The first-order valence-electron chi connectivity index (χ1n) is 5.90. The normalized spacial score (nSPS) is 12.1. The molecule has 6 nitrogen and oxygen atoms in total. The highest BCUT2D eigenvalue weighted by Crippen LogP contribution is 2.24. The SMILES string of the molecule is CC(=O)N[C@@H](CSc1ncnc2ccccc12)C(=O)O. The fourth-order valence-electron chi connectivity index (χ4n) is 1.68. The molecule has 0 spiro atoms. The number of fused-ring (bicyclic) bond motifs is 1. The lowest BCUT2D eigenvalue weighted by atomic mass is 10.2. The summed E-state index contributed by atoms with van der Waals surface area (Å²) in [6.07, 6.45) is 1.44. The van der Waals surface area contributed by atoms with Crippen molar-refractivity contribution in [2.45, 2.75) is 18.0 Å². The molecule has 2 rings (SSSR count). The van der Waals surface area contributed by atoms with E-state index in [4.69, 9.17) is 5.11 Å². The Bertz CT molecular complexity index is 642. The summed E-state index contributed by atoms with van der Waals surface area (Å²) in [5, 5.41) is 13.0. The van der Waals surface area contributed by atoms with Crippen molar-refractivity contribution in [3.63, 3.8) is 0 Å². The van der Waals surface area contributed by atoms with Crippen LogP contribution >= 0.6 is 11.8 Å². The largest absolute Gasteiger partial charge is 0.480 e. The maximum Gasteiger partial charge on any atom is 0.327 e. The maximum atomic E-state index is 11.1. The first kappa shape index (κ1) is 14.3. The second kappa shape index (κ2) is 6.33. The number of nitrogens with one attached hydrogen (secondary N) is 1.